The lowest BCUT2D eigenvalue weighted by molar-refractivity contribution is 0.434. The van der Waals surface area contributed by atoms with Crippen molar-refractivity contribution in [3.63, 3.8) is 0 Å². The molecule has 0 aliphatic carbocycles. The van der Waals surface area contributed by atoms with Crippen LogP contribution in [0.3, 0.4) is 0 Å². The van der Waals surface area contributed by atoms with Crippen LogP contribution in [0.4, 0.5) is 4.39 Å². The second kappa shape index (κ2) is 2.85. The van der Waals surface area contributed by atoms with E-state index in [0.29, 0.717) is 0 Å². The predicted octanol–water partition coefficient (Wildman–Crippen LogP) is -0.623. The van der Waals surface area contributed by atoms with E-state index in [1.54, 1.807) is 5.43 Å². The van der Waals surface area contributed by atoms with E-state index in [0.717, 1.165) is 0 Å². The molecule has 0 amide bonds. The summed E-state index contributed by atoms with van der Waals surface area (Å²) in [4.78, 5) is 0. The molecule has 2 nitrogen and oxygen atoms in total. The number of hydrogen-bond donors (Lipinski definition) is 2. The number of rotatable bonds is 1. The molecule has 0 unspecified atom stereocenters. The van der Waals surface area contributed by atoms with Crippen molar-refractivity contribution in [2.24, 2.45) is 5.84 Å². The van der Waals surface area contributed by atoms with Crippen molar-refractivity contribution in [2.75, 3.05) is 6.80 Å². The highest BCUT2D eigenvalue weighted by molar-refractivity contribution is 3.95. The molecule has 0 bridgehead atoms. The van der Waals surface area contributed by atoms with Crippen molar-refractivity contribution in [1.29, 1.82) is 0 Å². The first-order chi connectivity index (χ1) is 1.91. The minimum absolute atomic E-state index is 0.653. The van der Waals surface area contributed by atoms with Crippen LogP contribution < -0.4 is 11.3 Å². The van der Waals surface area contributed by atoms with Gasteiger partial charge in [0, 0.05) is 0 Å². The lowest BCUT2D eigenvalue weighted by Crippen LogP contribution is -2.19. The lowest BCUT2D eigenvalue weighted by Gasteiger charge is -1.73. The predicted molar refractivity (Wildman–Crippen MR) is 13.3 cm³/mol. The summed E-state index contributed by atoms with van der Waals surface area (Å²) in [5.41, 5.74) is 1.76. The molecule has 0 aromatic rings. The van der Waals surface area contributed by atoms with E-state index in [1.807, 2.05) is 0 Å². The molecular formula is CH5FN2. The molecule has 0 aromatic carbocycles. The highest BCUT2D eigenvalue weighted by atomic mass is 19.1. The summed E-state index contributed by atoms with van der Waals surface area (Å²) in [5.74, 6) is 4.40. The van der Waals surface area contributed by atoms with Crippen LogP contribution in [-0.2, 0) is 0 Å². The molecule has 3 N–H and O–H groups in total. The van der Waals surface area contributed by atoms with Crippen molar-refractivity contribution in [1.82, 2.24) is 5.43 Å². The molecule has 0 atom stereocenters. The van der Waals surface area contributed by atoms with E-state index in [9.17, 15) is 4.39 Å². The average molecular weight is 64.1 g/mol. The Labute approximate surface area is 23.8 Å². The molecule has 0 aliphatic rings. The van der Waals surface area contributed by atoms with E-state index >= 15 is 0 Å². The number of nitrogens with one attached hydrogen (secondary N) is 1. The number of nitrogens with two attached hydrogens (primary N) is 1. The molecule has 0 aliphatic heterocycles. The SMILES string of the molecule is NNCF. The summed E-state index contributed by atoms with van der Waals surface area (Å²) in [6.45, 7) is -0.653. The van der Waals surface area contributed by atoms with Crippen LogP contribution in [0.1, 0.15) is 0 Å². The first kappa shape index (κ1) is 3.85. The van der Waals surface area contributed by atoms with Gasteiger partial charge in [0.15, 0.2) is 6.80 Å². The molecule has 26 valence electrons. The third-order valence-corrected chi connectivity index (χ3v) is 0.0772. The monoisotopic (exact) mass is 64.0 g/mol. The van der Waals surface area contributed by atoms with Gasteiger partial charge in [-0.2, -0.15) is 0 Å². The molecule has 0 radical (unpaired) electrons. The molecule has 0 saturated carbocycles. The van der Waals surface area contributed by atoms with Crippen LogP contribution in [0.2, 0.25) is 0 Å². The van der Waals surface area contributed by atoms with Crippen LogP contribution in [-0.4, -0.2) is 6.80 Å². The molecule has 0 saturated heterocycles. The average Bonchev–Trinajstić information content (AvgIpc) is 1.37. The Morgan fingerprint density at radius 3 is 2.25 bits per heavy atom. The Balaban J connectivity index is 1.97. The minimum atomic E-state index is -0.653. The normalized spacial score (nSPS) is 7.50. The van der Waals surface area contributed by atoms with Gasteiger partial charge in [0.25, 0.3) is 0 Å². The van der Waals surface area contributed by atoms with Crippen LogP contribution >= 0.6 is 0 Å². The highest BCUT2D eigenvalue weighted by Gasteiger charge is 1.54. The maximum atomic E-state index is 10.5. The van der Waals surface area contributed by atoms with Gasteiger partial charge in [-0.1, -0.05) is 0 Å². The van der Waals surface area contributed by atoms with E-state index < -0.39 is 6.80 Å². The Kier molecular flexibility index (Phi) is 2.74. The van der Waals surface area contributed by atoms with Gasteiger partial charge in [-0.25, -0.2) is 9.82 Å². The zero-order chi connectivity index (χ0) is 3.41. The van der Waals surface area contributed by atoms with Gasteiger partial charge in [-0.05, 0) is 0 Å². The molecule has 4 heavy (non-hydrogen) atoms. The first-order valence-corrected chi connectivity index (χ1v) is 0.909. The standard InChI is InChI=1S/CH5FN2/c2-1-4-3/h4H,1,3H2. The fourth-order valence-corrected chi connectivity index (χ4v) is 0. The van der Waals surface area contributed by atoms with E-state index in [-0.39, 0.29) is 0 Å². The molecule has 0 aromatic heterocycles. The Morgan fingerprint density at radius 2 is 2.25 bits per heavy atom. The molecule has 0 spiro atoms. The van der Waals surface area contributed by atoms with Crippen LogP contribution in [0.5, 0.6) is 0 Å². The third-order valence-electron chi connectivity index (χ3n) is 0.0772. The fourth-order valence-electron chi connectivity index (χ4n) is 0. The van der Waals surface area contributed by atoms with E-state index in [4.69, 9.17) is 0 Å². The van der Waals surface area contributed by atoms with Crippen molar-refractivity contribution >= 4 is 0 Å². The van der Waals surface area contributed by atoms with Gasteiger partial charge in [0.1, 0.15) is 0 Å². The summed E-state index contributed by atoms with van der Waals surface area (Å²) in [6, 6.07) is 0. The molecule has 0 heterocycles. The minimum Gasteiger partial charge on any atom is -0.269 e. The van der Waals surface area contributed by atoms with Crippen molar-refractivity contribution in [2.45, 2.75) is 0 Å². The summed E-state index contributed by atoms with van der Waals surface area (Å²) in [7, 11) is 0. The maximum Gasteiger partial charge on any atom is 0.152 e. The van der Waals surface area contributed by atoms with Gasteiger partial charge in [-0.15, -0.1) is 0 Å². The maximum absolute atomic E-state index is 10.5. The van der Waals surface area contributed by atoms with Gasteiger partial charge in [-0.3, -0.25) is 5.84 Å². The van der Waals surface area contributed by atoms with E-state index in [1.165, 1.54) is 0 Å². The molecule has 3 heteroatoms. The Hall–Kier alpha value is -0.150. The molecule has 0 rings (SSSR count). The van der Waals surface area contributed by atoms with Gasteiger partial charge >= 0.3 is 0 Å². The van der Waals surface area contributed by atoms with Crippen LogP contribution in [0, 0.1) is 0 Å². The van der Waals surface area contributed by atoms with Gasteiger partial charge < -0.3 is 0 Å². The largest absolute Gasteiger partial charge is 0.269 e. The quantitative estimate of drug-likeness (QED) is 0.242. The van der Waals surface area contributed by atoms with Crippen molar-refractivity contribution < 1.29 is 4.39 Å². The van der Waals surface area contributed by atoms with E-state index in [2.05, 4.69) is 5.84 Å². The van der Waals surface area contributed by atoms with Gasteiger partial charge in [0.05, 0.1) is 0 Å². The van der Waals surface area contributed by atoms with Gasteiger partial charge in [0.2, 0.25) is 0 Å². The summed E-state index contributed by atoms with van der Waals surface area (Å²) >= 11 is 0. The number of hydrazine groups is 1. The second-order valence-corrected chi connectivity index (χ2v) is 0.338. The second-order valence-electron chi connectivity index (χ2n) is 0.338. The lowest BCUT2D eigenvalue weighted by atomic mass is 11.4. The summed E-state index contributed by atoms with van der Waals surface area (Å²) in [6.07, 6.45) is 0. The van der Waals surface area contributed by atoms with Crippen LogP contribution in [0.25, 0.3) is 0 Å². The third kappa shape index (κ3) is 1.85. The first-order valence-electron chi connectivity index (χ1n) is 0.909. The number of hydrogen-bond acceptors (Lipinski definition) is 2. The highest BCUT2D eigenvalue weighted by Crippen LogP contribution is 1.40. The summed E-state index contributed by atoms with van der Waals surface area (Å²) < 4.78 is 10.5. The Bertz CT molecular complexity index is 8.00. The van der Waals surface area contributed by atoms with Crippen LogP contribution in [0.15, 0.2) is 0 Å². The number of alkyl halides is 1. The van der Waals surface area contributed by atoms with Crippen molar-refractivity contribution in [3.8, 4) is 0 Å². The summed E-state index contributed by atoms with van der Waals surface area (Å²) in [5, 5.41) is 0. The zero-order valence-electron chi connectivity index (χ0n) is 2.16. The molecular weight excluding hydrogens is 59.0 g/mol. The van der Waals surface area contributed by atoms with Crippen molar-refractivity contribution in [3.05, 3.63) is 0 Å². The fraction of sp³-hybridized carbons (Fsp3) is 1.00. The molecule has 0 fully saturated rings. The smallest absolute Gasteiger partial charge is 0.152 e. The Morgan fingerprint density at radius 1 is 2.00 bits per heavy atom. The zero-order valence-corrected chi connectivity index (χ0v) is 2.16. The number of halogens is 1. The topological polar surface area (TPSA) is 38.0 Å².